The second kappa shape index (κ2) is 5.48. The van der Waals surface area contributed by atoms with E-state index < -0.39 is 11.7 Å². The van der Waals surface area contributed by atoms with Crippen molar-refractivity contribution in [1.82, 2.24) is 9.97 Å². The van der Waals surface area contributed by atoms with Gasteiger partial charge in [-0.05, 0) is 18.6 Å². The molecule has 0 aliphatic carbocycles. The molecule has 0 radical (unpaired) electrons. The molecule has 20 heavy (non-hydrogen) atoms. The van der Waals surface area contributed by atoms with E-state index >= 15 is 0 Å². The van der Waals surface area contributed by atoms with Crippen LogP contribution in [0.2, 0.25) is 0 Å². The number of nitrogen functional groups attached to an aromatic ring is 1. The number of benzene rings is 1. The molecule has 0 spiro atoms. The Morgan fingerprint density at radius 2 is 1.90 bits per heavy atom. The Morgan fingerprint density at radius 1 is 1.15 bits per heavy atom. The van der Waals surface area contributed by atoms with Crippen LogP contribution in [-0.2, 0) is 12.6 Å². The van der Waals surface area contributed by atoms with Gasteiger partial charge in [-0.1, -0.05) is 25.5 Å². The topological polar surface area (TPSA) is 51.8 Å². The lowest BCUT2D eigenvalue weighted by atomic mass is 10.1. The van der Waals surface area contributed by atoms with Crippen LogP contribution in [0.15, 0.2) is 30.3 Å². The number of aromatic nitrogens is 2. The molecule has 0 aliphatic heterocycles. The maximum Gasteiger partial charge on any atom is 0.416 e. The van der Waals surface area contributed by atoms with E-state index in [0.717, 1.165) is 24.2 Å². The van der Waals surface area contributed by atoms with Gasteiger partial charge >= 0.3 is 6.18 Å². The molecule has 0 atom stereocenters. The molecule has 1 aromatic carbocycles. The van der Waals surface area contributed by atoms with E-state index in [1.165, 1.54) is 6.07 Å². The zero-order chi connectivity index (χ0) is 14.8. The molecular weight excluding hydrogens is 267 g/mol. The van der Waals surface area contributed by atoms with Gasteiger partial charge in [0, 0.05) is 17.3 Å². The van der Waals surface area contributed by atoms with Crippen molar-refractivity contribution in [3.8, 4) is 11.4 Å². The third-order valence-corrected chi connectivity index (χ3v) is 2.75. The fraction of sp³-hybridized carbons (Fsp3) is 0.286. The van der Waals surface area contributed by atoms with E-state index in [0.29, 0.717) is 12.0 Å². The lowest BCUT2D eigenvalue weighted by Crippen LogP contribution is -2.05. The van der Waals surface area contributed by atoms with Gasteiger partial charge in [-0.2, -0.15) is 13.2 Å². The van der Waals surface area contributed by atoms with Gasteiger partial charge in [0.1, 0.15) is 5.82 Å². The lowest BCUT2D eigenvalue weighted by molar-refractivity contribution is -0.137. The predicted molar refractivity (Wildman–Crippen MR) is 70.9 cm³/mol. The molecule has 0 fully saturated rings. The van der Waals surface area contributed by atoms with Gasteiger partial charge < -0.3 is 5.73 Å². The monoisotopic (exact) mass is 281 g/mol. The number of nitrogens with zero attached hydrogens (tertiary/aromatic N) is 2. The van der Waals surface area contributed by atoms with Gasteiger partial charge in [0.25, 0.3) is 0 Å². The standard InChI is InChI=1S/C14H14F3N3/c1-2-4-11-8-12(18)20-13(19-11)9-5-3-6-10(7-9)14(15,16)17/h3,5-8H,2,4H2,1H3,(H2,18,19,20). The number of anilines is 1. The van der Waals surface area contributed by atoms with Crippen LogP contribution in [0.3, 0.4) is 0 Å². The SMILES string of the molecule is CCCc1cc(N)nc(-c2cccc(C(F)(F)F)c2)n1. The minimum Gasteiger partial charge on any atom is -0.384 e. The van der Waals surface area contributed by atoms with Crippen LogP contribution in [0.25, 0.3) is 11.4 Å². The normalized spacial score (nSPS) is 11.6. The van der Waals surface area contributed by atoms with E-state index in [1.54, 1.807) is 12.1 Å². The third-order valence-electron chi connectivity index (χ3n) is 2.75. The predicted octanol–water partition coefficient (Wildman–Crippen LogP) is 3.70. The lowest BCUT2D eigenvalue weighted by Gasteiger charge is -2.09. The van der Waals surface area contributed by atoms with Gasteiger partial charge in [0.2, 0.25) is 0 Å². The van der Waals surface area contributed by atoms with Crippen LogP contribution in [-0.4, -0.2) is 9.97 Å². The van der Waals surface area contributed by atoms with Gasteiger partial charge in [0.15, 0.2) is 5.82 Å². The molecule has 1 heterocycles. The van der Waals surface area contributed by atoms with Gasteiger partial charge in [-0.15, -0.1) is 0 Å². The Balaban J connectivity index is 2.46. The summed E-state index contributed by atoms with van der Waals surface area (Å²) in [5, 5.41) is 0. The van der Waals surface area contributed by atoms with Crippen molar-refractivity contribution in [2.24, 2.45) is 0 Å². The number of hydrogen-bond donors (Lipinski definition) is 1. The second-order valence-corrected chi connectivity index (χ2v) is 4.44. The Labute approximate surface area is 114 Å². The van der Waals surface area contributed by atoms with Crippen LogP contribution in [0.5, 0.6) is 0 Å². The molecule has 0 amide bonds. The quantitative estimate of drug-likeness (QED) is 0.933. The minimum atomic E-state index is -4.39. The summed E-state index contributed by atoms with van der Waals surface area (Å²) in [4.78, 5) is 8.27. The summed E-state index contributed by atoms with van der Waals surface area (Å²) in [7, 11) is 0. The van der Waals surface area contributed by atoms with Crippen LogP contribution in [0, 0.1) is 0 Å². The van der Waals surface area contributed by atoms with Crippen molar-refractivity contribution < 1.29 is 13.2 Å². The molecule has 3 nitrogen and oxygen atoms in total. The van der Waals surface area contributed by atoms with Gasteiger partial charge in [-0.3, -0.25) is 0 Å². The highest BCUT2D eigenvalue weighted by Gasteiger charge is 2.30. The van der Waals surface area contributed by atoms with E-state index in [4.69, 9.17) is 5.73 Å². The fourth-order valence-corrected chi connectivity index (χ4v) is 1.87. The largest absolute Gasteiger partial charge is 0.416 e. The molecule has 2 rings (SSSR count). The zero-order valence-electron chi connectivity index (χ0n) is 10.9. The van der Waals surface area contributed by atoms with E-state index in [-0.39, 0.29) is 11.6 Å². The third kappa shape index (κ3) is 3.26. The van der Waals surface area contributed by atoms with Crippen LogP contribution < -0.4 is 5.73 Å². The zero-order valence-corrected chi connectivity index (χ0v) is 10.9. The molecule has 2 N–H and O–H groups in total. The average Bonchev–Trinajstić information content (AvgIpc) is 2.37. The summed E-state index contributed by atoms with van der Waals surface area (Å²) >= 11 is 0. The maximum absolute atomic E-state index is 12.7. The van der Waals surface area contributed by atoms with Crippen molar-refractivity contribution in [3.05, 3.63) is 41.6 Å². The van der Waals surface area contributed by atoms with Crippen LogP contribution >= 0.6 is 0 Å². The molecular formula is C14H14F3N3. The molecule has 0 bridgehead atoms. The van der Waals surface area contributed by atoms with Crippen molar-refractivity contribution in [2.75, 3.05) is 5.73 Å². The Hall–Kier alpha value is -2.11. The van der Waals surface area contributed by atoms with Crippen molar-refractivity contribution in [2.45, 2.75) is 25.9 Å². The number of halogens is 3. The summed E-state index contributed by atoms with van der Waals surface area (Å²) in [6.45, 7) is 1.99. The Morgan fingerprint density at radius 3 is 2.55 bits per heavy atom. The minimum absolute atomic E-state index is 0.222. The van der Waals surface area contributed by atoms with Crippen molar-refractivity contribution in [1.29, 1.82) is 0 Å². The summed E-state index contributed by atoms with van der Waals surface area (Å²) < 4.78 is 38.1. The first-order chi connectivity index (χ1) is 9.40. The van der Waals surface area contributed by atoms with Gasteiger partial charge in [0.05, 0.1) is 5.56 Å². The number of aryl methyl sites for hydroxylation is 1. The Bertz CT molecular complexity index is 609. The molecule has 0 saturated carbocycles. The number of nitrogens with two attached hydrogens (primary N) is 1. The smallest absolute Gasteiger partial charge is 0.384 e. The summed E-state index contributed by atoms with van der Waals surface area (Å²) in [5.41, 5.74) is 5.99. The highest BCUT2D eigenvalue weighted by molar-refractivity contribution is 5.58. The molecule has 1 aromatic heterocycles. The van der Waals surface area contributed by atoms with Gasteiger partial charge in [-0.25, -0.2) is 9.97 Å². The number of alkyl halides is 3. The molecule has 6 heteroatoms. The van der Waals surface area contributed by atoms with Crippen LogP contribution in [0.1, 0.15) is 24.6 Å². The molecule has 106 valence electrons. The first-order valence-corrected chi connectivity index (χ1v) is 6.21. The van der Waals surface area contributed by atoms with E-state index in [2.05, 4.69) is 9.97 Å². The molecule has 0 aliphatic rings. The van der Waals surface area contributed by atoms with E-state index in [9.17, 15) is 13.2 Å². The average molecular weight is 281 g/mol. The first-order valence-electron chi connectivity index (χ1n) is 6.21. The van der Waals surface area contributed by atoms with Crippen molar-refractivity contribution >= 4 is 5.82 Å². The molecule has 2 aromatic rings. The van der Waals surface area contributed by atoms with E-state index in [1.807, 2.05) is 6.92 Å². The highest BCUT2D eigenvalue weighted by atomic mass is 19.4. The summed E-state index contributed by atoms with van der Waals surface area (Å²) in [5.74, 6) is 0.482. The first kappa shape index (κ1) is 14.3. The second-order valence-electron chi connectivity index (χ2n) is 4.44. The Kier molecular flexibility index (Phi) is 3.92. The summed E-state index contributed by atoms with van der Waals surface area (Å²) in [6.07, 6.45) is -2.81. The maximum atomic E-state index is 12.7. The molecule has 0 unspecified atom stereocenters. The highest BCUT2D eigenvalue weighted by Crippen LogP contribution is 2.31. The summed E-state index contributed by atoms with van der Waals surface area (Å²) in [6, 6.07) is 6.57. The molecule has 0 saturated heterocycles. The number of rotatable bonds is 3. The van der Waals surface area contributed by atoms with Crippen LogP contribution in [0.4, 0.5) is 19.0 Å². The van der Waals surface area contributed by atoms with Crippen molar-refractivity contribution in [3.63, 3.8) is 0 Å². The number of hydrogen-bond acceptors (Lipinski definition) is 3. The fourth-order valence-electron chi connectivity index (χ4n) is 1.87.